The number of amides is 1. The summed E-state index contributed by atoms with van der Waals surface area (Å²) in [5.41, 5.74) is 5.04. The number of hydrogen-bond donors (Lipinski definition) is 2. The van der Waals surface area contributed by atoms with Gasteiger partial charge in [0.2, 0.25) is 5.91 Å². The molecule has 134 valence electrons. The van der Waals surface area contributed by atoms with E-state index < -0.39 is 17.6 Å². The highest BCUT2D eigenvalue weighted by molar-refractivity contribution is 6.33. The smallest absolute Gasteiger partial charge is 0.327 e. The van der Waals surface area contributed by atoms with Crippen molar-refractivity contribution in [3.63, 3.8) is 0 Å². The molecule has 24 heavy (non-hydrogen) atoms. The number of rotatable bonds is 3. The minimum Gasteiger partial charge on any atom is -0.327 e. The van der Waals surface area contributed by atoms with Crippen LogP contribution in [0, 0.1) is 5.41 Å². The third kappa shape index (κ3) is 4.62. The van der Waals surface area contributed by atoms with Gasteiger partial charge in [-0.25, -0.2) is 0 Å². The van der Waals surface area contributed by atoms with E-state index in [0.717, 1.165) is 24.6 Å². The van der Waals surface area contributed by atoms with E-state index >= 15 is 0 Å². The van der Waals surface area contributed by atoms with Gasteiger partial charge < -0.3 is 11.1 Å². The zero-order chi connectivity index (χ0) is 18.1. The molecule has 1 aliphatic heterocycles. The molecule has 1 fully saturated rings. The molecule has 1 saturated heterocycles. The van der Waals surface area contributed by atoms with Crippen LogP contribution in [0.1, 0.15) is 25.8 Å². The molecule has 0 aromatic heterocycles. The van der Waals surface area contributed by atoms with Gasteiger partial charge in [0.05, 0.1) is 22.8 Å². The van der Waals surface area contributed by atoms with Gasteiger partial charge >= 0.3 is 6.18 Å². The average Bonchev–Trinajstić information content (AvgIpc) is 2.43. The third-order valence-electron chi connectivity index (χ3n) is 4.33. The summed E-state index contributed by atoms with van der Waals surface area (Å²) in [7, 11) is 0. The van der Waals surface area contributed by atoms with Crippen LogP contribution >= 0.6 is 11.6 Å². The van der Waals surface area contributed by atoms with Crippen LogP contribution in [0.2, 0.25) is 5.02 Å². The standard InChI is InChI=1S/C16H21ClF3N3O/c1-15(2)9-23(6-5-13(15)21)8-14(24)22-12-7-10(16(18,19)20)3-4-11(12)17/h3-4,7,13H,5-6,8-9,21H2,1-2H3,(H,22,24). The molecule has 0 aliphatic carbocycles. The second kappa shape index (κ2) is 6.90. The van der Waals surface area contributed by atoms with Gasteiger partial charge in [0, 0.05) is 19.1 Å². The van der Waals surface area contributed by atoms with E-state index in [1.165, 1.54) is 0 Å². The number of carbonyl (C=O) groups is 1. The molecule has 1 aliphatic rings. The maximum atomic E-state index is 12.8. The second-order valence-electron chi connectivity index (χ2n) is 6.83. The molecule has 1 amide bonds. The minimum absolute atomic E-state index is 0.0375. The fourth-order valence-electron chi connectivity index (χ4n) is 2.81. The van der Waals surface area contributed by atoms with Crippen LogP contribution in [0.25, 0.3) is 0 Å². The number of piperidine rings is 1. The van der Waals surface area contributed by atoms with Gasteiger partial charge in [0.1, 0.15) is 0 Å². The van der Waals surface area contributed by atoms with Crippen molar-refractivity contribution in [3.8, 4) is 0 Å². The number of nitrogens with one attached hydrogen (secondary N) is 1. The van der Waals surface area contributed by atoms with Crippen molar-refractivity contribution in [1.82, 2.24) is 4.90 Å². The first kappa shape index (κ1) is 19.0. The van der Waals surface area contributed by atoms with E-state index in [-0.39, 0.29) is 28.7 Å². The Kier molecular flexibility index (Phi) is 5.47. The Bertz CT molecular complexity index is 619. The number of benzene rings is 1. The predicted octanol–water partition coefficient (Wildman–Crippen LogP) is 3.36. The lowest BCUT2D eigenvalue weighted by atomic mass is 9.80. The second-order valence-corrected chi connectivity index (χ2v) is 7.24. The van der Waals surface area contributed by atoms with Crippen LogP contribution in [-0.2, 0) is 11.0 Å². The lowest BCUT2D eigenvalue weighted by Gasteiger charge is -2.42. The molecule has 2 rings (SSSR count). The molecule has 1 aromatic rings. The van der Waals surface area contributed by atoms with Crippen molar-refractivity contribution in [2.45, 2.75) is 32.5 Å². The summed E-state index contributed by atoms with van der Waals surface area (Å²) in [6.45, 7) is 5.48. The highest BCUT2D eigenvalue weighted by Gasteiger charge is 2.34. The highest BCUT2D eigenvalue weighted by atomic mass is 35.5. The summed E-state index contributed by atoms with van der Waals surface area (Å²) in [5, 5.41) is 2.53. The summed E-state index contributed by atoms with van der Waals surface area (Å²) in [4.78, 5) is 14.1. The number of nitrogens with two attached hydrogens (primary N) is 1. The van der Waals surface area contributed by atoms with Gasteiger partial charge in [-0.3, -0.25) is 9.69 Å². The van der Waals surface area contributed by atoms with Crippen molar-refractivity contribution in [3.05, 3.63) is 28.8 Å². The number of nitrogens with zero attached hydrogens (tertiary/aromatic N) is 1. The van der Waals surface area contributed by atoms with Crippen LogP contribution in [-0.4, -0.2) is 36.5 Å². The number of likely N-dealkylation sites (tertiary alicyclic amines) is 1. The van der Waals surface area contributed by atoms with Gasteiger partial charge in [-0.05, 0) is 30.0 Å². The van der Waals surface area contributed by atoms with E-state index in [9.17, 15) is 18.0 Å². The fourth-order valence-corrected chi connectivity index (χ4v) is 2.97. The lowest BCUT2D eigenvalue weighted by molar-refractivity contribution is -0.137. The zero-order valence-corrected chi connectivity index (χ0v) is 14.3. The molecule has 1 atom stereocenters. The van der Waals surface area contributed by atoms with E-state index in [0.29, 0.717) is 13.1 Å². The van der Waals surface area contributed by atoms with Crippen molar-refractivity contribution in [2.24, 2.45) is 11.1 Å². The Morgan fingerprint density at radius 1 is 1.46 bits per heavy atom. The largest absolute Gasteiger partial charge is 0.416 e. The summed E-state index contributed by atoms with van der Waals surface area (Å²) >= 11 is 5.89. The summed E-state index contributed by atoms with van der Waals surface area (Å²) in [5.74, 6) is -0.400. The molecule has 3 N–H and O–H groups in total. The number of hydrogen-bond acceptors (Lipinski definition) is 3. The van der Waals surface area contributed by atoms with Crippen LogP contribution < -0.4 is 11.1 Å². The van der Waals surface area contributed by atoms with Gasteiger partial charge in [0.25, 0.3) is 0 Å². The average molecular weight is 364 g/mol. The molecule has 0 radical (unpaired) electrons. The Morgan fingerprint density at radius 3 is 2.71 bits per heavy atom. The maximum absolute atomic E-state index is 12.8. The topological polar surface area (TPSA) is 58.4 Å². The number of halogens is 4. The van der Waals surface area contributed by atoms with Gasteiger partial charge in [-0.15, -0.1) is 0 Å². The van der Waals surface area contributed by atoms with Gasteiger partial charge in [-0.2, -0.15) is 13.2 Å². The van der Waals surface area contributed by atoms with Crippen LogP contribution in [0.5, 0.6) is 0 Å². The van der Waals surface area contributed by atoms with Crippen LogP contribution in [0.3, 0.4) is 0 Å². The van der Waals surface area contributed by atoms with Crippen LogP contribution in [0.4, 0.5) is 18.9 Å². The first-order valence-electron chi connectivity index (χ1n) is 7.63. The number of anilines is 1. The molecule has 1 aromatic carbocycles. The zero-order valence-electron chi connectivity index (χ0n) is 13.6. The van der Waals surface area contributed by atoms with Crippen molar-refractivity contribution in [2.75, 3.05) is 25.0 Å². The molecule has 8 heteroatoms. The number of alkyl halides is 3. The lowest BCUT2D eigenvalue weighted by Crippen LogP contribution is -2.53. The monoisotopic (exact) mass is 363 g/mol. The minimum atomic E-state index is -4.49. The normalized spacial score (nSPS) is 21.5. The quantitative estimate of drug-likeness (QED) is 0.865. The van der Waals surface area contributed by atoms with Crippen molar-refractivity contribution >= 4 is 23.2 Å². The molecule has 0 spiro atoms. The summed E-state index contributed by atoms with van der Waals surface area (Å²) in [6, 6.07) is 2.92. The first-order valence-corrected chi connectivity index (χ1v) is 8.01. The first-order chi connectivity index (χ1) is 11.0. The van der Waals surface area contributed by atoms with Gasteiger partial charge in [-0.1, -0.05) is 25.4 Å². The fraction of sp³-hybridized carbons (Fsp3) is 0.562. The Morgan fingerprint density at radius 2 is 2.12 bits per heavy atom. The van der Waals surface area contributed by atoms with E-state index in [1.807, 2.05) is 18.7 Å². The molecule has 0 saturated carbocycles. The van der Waals surface area contributed by atoms with Crippen LogP contribution in [0.15, 0.2) is 18.2 Å². The maximum Gasteiger partial charge on any atom is 0.416 e. The van der Waals surface area contributed by atoms with Gasteiger partial charge in [0.15, 0.2) is 0 Å². The molecular formula is C16H21ClF3N3O. The van der Waals surface area contributed by atoms with Crippen molar-refractivity contribution < 1.29 is 18.0 Å². The SMILES string of the molecule is CC1(C)CN(CC(=O)Nc2cc(C(F)(F)F)ccc2Cl)CCC1N. The van der Waals surface area contributed by atoms with E-state index in [4.69, 9.17) is 17.3 Å². The molecular weight excluding hydrogens is 343 g/mol. The molecule has 1 unspecified atom stereocenters. The molecule has 1 heterocycles. The number of carbonyl (C=O) groups excluding carboxylic acids is 1. The van der Waals surface area contributed by atoms with E-state index in [2.05, 4.69) is 5.32 Å². The van der Waals surface area contributed by atoms with E-state index in [1.54, 1.807) is 0 Å². The Balaban J connectivity index is 2.03. The predicted molar refractivity (Wildman–Crippen MR) is 87.9 cm³/mol. The highest BCUT2D eigenvalue weighted by Crippen LogP contribution is 2.34. The summed E-state index contributed by atoms with van der Waals surface area (Å²) < 4.78 is 38.3. The van der Waals surface area contributed by atoms with Crippen molar-refractivity contribution in [1.29, 1.82) is 0 Å². The third-order valence-corrected chi connectivity index (χ3v) is 4.66. The summed E-state index contributed by atoms with van der Waals surface area (Å²) in [6.07, 6.45) is -3.72. The Labute approximate surface area is 144 Å². The Hall–Kier alpha value is -1.31. The molecule has 0 bridgehead atoms. The molecule has 4 nitrogen and oxygen atoms in total.